The zero-order valence-corrected chi connectivity index (χ0v) is 71.6. The highest BCUT2D eigenvalue weighted by atomic mass is 35.5. The van der Waals surface area contributed by atoms with E-state index in [0.29, 0.717) is 12.8 Å². The highest BCUT2D eigenvalue weighted by Crippen LogP contribution is 2.51. The average molecular weight is 1880 g/mol. The van der Waals surface area contributed by atoms with Gasteiger partial charge in [0.2, 0.25) is 65.6 Å². The Bertz CT molecular complexity index is 5540. The van der Waals surface area contributed by atoms with Crippen molar-refractivity contribution in [2.75, 3.05) is 19.8 Å². The molecular formula is C88H97Cl2N9O33. The number of benzene rings is 7. The molecule has 25 N–H and O–H groups in total. The number of rotatable bonds is 20. The van der Waals surface area contributed by atoms with Gasteiger partial charge in [0.25, 0.3) is 0 Å². The second-order valence-electron chi connectivity index (χ2n) is 32.7. The molecule has 16 rings (SSSR count). The molecule has 7 aromatic carbocycles. The van der Waals surface area contributed by atoms with Crippen LogP contribution in [0.5, 0.6) is 69.0 Å². The second kappa shape index (κ2) is 41.0. The Morgan fingerprint density at radius 3 is 1.66 bits per heavy atom. The second-order valence-corrected chi connectivity index (χ2v) is 33.5. The number of carboxylic acids is 1. The van der Waals surface area contributed by atoms with Crippen molar-refractivity contribution in [2.45, 2.75) is 212 Å². The van der Waals surface area contributed by atoms with Gasteiger partial charge in [0, 0.05) is 48.6 Å². The third-order valence-electron chi connectivity index (χ3n) is 23.5. The lowest BCUT2D eigenvalue weighted by molar-refractivity contribution is -0.284. The smallest absolute Gasteiger partial charge is 0.330 e. The van der Waals surface area contributed by atoms with E-state index in [-0.39, 0.29) is 39.8 Å². The van der Waals surface area contributed by atoms with Gasteiger partial charge in [0.05, 0.1) is 29.9 Å². The van der Waals surface area contributed by atoms with Crippen LogP contribution in [0.2, 0.25) is 10.0 Å². The molecule has 7 aromatic rings. The molecule has 42 nitrogen and oxygen atoms in total. The Morgan fingerprint density at radius 1 is 0.485 bits per heavy atom. The van der Waals surface area contributed by atoms with Crippen molar-refractivity contribution < 1.29 is 162 Å². The van der Waals surface area contributed by atoms with Crippen molar-refractivity contribution in [2.24, 2.45) is 5.73 Å². The van der Waals surface area contributed by atoms with Crippen molar-refractivity contribution in [1.29, 1.82) is 0 Å². The first-order valence-corrected chi connectivity index (χ1v) is 42.9. The summed E-state index contributed by atoms with van der Waals surface area (Å²) in [5, 5.41) is 190. The number of amides is 8. The quantitative estimate of drug-likeness (QED) is 0.0476. The first kappa shape index (κ1) is 96.0. The van der Waals surface area contributed by atoms with Crippen LogP contribution in [-0.2, 0) is 68.5 Å². The van der Waals surface area contributed by atoms with Crippen molar-refractivity contribution in [3.05, 3.63) is 164 Å². The molecule has 3 fully saturated rings. The van der Waals surface area contributed by atoms with Crippen LogP contribution in [0.25, 0.3) is 11.1 Å². The molecule has 17 bridgehead atoms. The predicted molar refractivity (Wildman–Crippen MR) is 453 cm³/mol. The van der Waals surface area contributed by atoms with Gasteiger partial charge in [0.1, 0.15) is 156 Å². The van der Waals surface area contributed by atoms with Crippen LogP contribution in [0.15, 0.2) is 115 Å². The number of fused-ring (bicyclic) bond motifs is 14. The molecule has 23 atom stereocenters. The lowest BCUT2D eigenvalue weighted by atomic mass is 9.89. The maximum absolute atomic E-state index is 17.0. The number of carboxylic acid groups (broad SMARTS) is 1. The Kier molecular flexibility index (Phi) is 29.8. The first-order valence-electron chi connectivity index (χ1n) is 42.1. The maximum atomic E-state index is 17.0. The third-order valence-corrected chi connectivity index (χ3v) is 24.0. The molecule has 3 saturated heterocycles. The van der Waals surface area contributed by atoms with E-state index >= 15 is 24.0 Å². The molecule has 9 aliphatic heterocycles. The van der Waals surface area contributed by atoms with E-state index < -0.39 is 316 Å². The number of nitrogens with two attached hydrogens (primary N) is 1. The molecule has 0 aliphatic carbocycles. The highest BCUT2D eigenvalue weighted by molar-refractivity contribution is 6.32. The Hall–Kier alpha value is -12.1. The summed E-state index contributed by atoms with van der Waals surface area (Å²) in [5.41, 5.74) is 2.79. The number of aliphatic carboxylic acids is 1. The van der Waals surface area contributed by atoms with Gasteiger partial charge in [-0.05, 0) is 119 Å². The van der Waals surface area contributed by atoms with Crippen LogP contribution in [0.1, 0.15) is 140 Å². The minimum atomic E-state index is -2.59. The number of phenols is 4. The van der Waals surface area contributed by atoms with Gasteiger partial charge in [-0.25, -0.2) is 4.79 Å². The fraction of sp³-hybridized carbons (Fsp3) is 0.420. The number of hydrogen-bond acceptors (Lipinski definition) is 33. The average Bonchev–Trinajstić information content (AvgIpc) is 0.757. The minimum Gasteiger partial charge on any atom is -0.508 e. The van der Waals surface area contributed by atoms with Crippen LogP contribution in [0.4, 0.5) is 0 Å². The standard InChI is InChI=1S/C88H97Cl2N9O33/c1-3-4-5-6-7-8-9-10-60(108)94-68-74(113)71(110)58(32-101)129-87(68)132-78-55-26-40-27-56(78)126-52-18-14-38(24-47(52)90)77(131-86-67(92-34(2)103)73(112)70(109)57(31-100)128-86)69-84(121)98-66(85(122)123)45-29-42(105)30-54(127-88-76(115)75(114)72(111)59(33-102)130-88)61(45)44-23-37(13-15-49(44)106)63(81(118)99-69)96-83(120)65(40)97-82(119)64-39-21-41(104)28-43(22-39)124-53-25-36(12-16-50(53)107)62(91)80(117)93-48(79(116)95-64)20-35-11-17-51(125-55)46(89)19-35/h11-19,21-30,48,57-59,62-77,86-88,100-102,104-107,109-115H,3-10,20,31-33,91H2,1-2H3,(H,92,103)(H,93,117)(H,94,108)(H,95,116)(H,96,120)(H,97,119)(H,98,121)(H,99,118)(H,122,123)/t48?,57-,58-,59-,62+,63-,64?,65?,66+,67-,68-,69+,70-,71-,72-,73-,74-,75+,76+,77-,86+,87+,88+/m1/s1. The molecule has 8 amide bonds. The van der Waals surface area contributed by atoms with Gasteiger partial charge in [-0.1, -0.05) is 92.9 Å². The van der Waals surface area contributed by atoms with E-state index in [4.69, 9.17) is 71.6 Å². The largest absolute Gasteiger partial charge is 0.508 e. The van der Waals surface area contributed by atoms with Gasteiger partial charge in [-0.2, -0.15) is 0 Å². The summed E-state index contributed by atoms with van der Waals surface area (Å²) in [7, 11) is 0. The first-order chi connectivity index (χ1) is 63.0. The summed E-state index contributed by atoms with van der Waals surface area (Å²) >= 11 is 14.7. The SMILES string of the molecule is CCCCCCCCCC(=O)N[C@H]1[C@H](Oc2c3cc4cc2Oc2ccc(cc2Cl)[C@@H](O[C@@H]2O[C@H](CO)[C@@H](O)[C@H](O)[C@H]2NC(C)=O)[C@@H]2NC(=O)[C@H](NC(=O)C4NC(=O)C4NC(=O)C(Cc5ccc(c(Cl)c5)O3)NC(=O)[C@@H](N)c3ccc(O)c(c3)Oc3cc(O)cc4c3)c3ccc(O)c(c3)-c3c(O[C@H]4O[C@H](CO)[C@@H](O)[C@H](O)[C@@H]4O)cc(O)cc3[C@@H](C(=O)O)NC2=O)O[C@H](CO)[C@@H](O)[C@@H]1O. The van der Waals surface area contributed by atoms with Crippen LogP contribution in [0, 0.1) is 0 Å². The minimum absolute atomic E-state index is 0.0272. The number of aliphatic hydroxyl groups excluding tert-OH is 10. The molecule has 132 heavy (non-hydrogen) atoms. The van der Waals surface area contributed by atoms with Crippen LogP contribution >= 0.6 is 23.2 Å². The zero-order valence-electron chi connectivity index (χ0n) is 70.1. The molecule has 0 spiro atoms. The number of phenolic OH excluding ortho intramolecular Hbond substituents is 4. The van der Waals surface area contributed by atoms with Gasteiger partial charge in [0.15, 0.2) is 35.3 Å². The molecule has 9 heterocycles. The van der Waals surface area contributed by atoms with Gasteiger partial charge in [-0.15, -0.1) is 0 Å². The van der Waals surface area contributed by atoms with E-state index in [1.807, 2.05) is 0 Å². The number of nitrogens with one attached hydrogen (secondary N) is 8. The molecule has 44 heteroatoms. The normalized spacial score (nSPS) is 28.9. The van der Waals surface area contributed by atoms with E-state index in [1.165, 1.54) is 30.3 Å². The van der Waals surface area contributed by atoms with Crippen molar-refractivity contribution in [3.63, 3.8) is 0 Å². The molecule has 0 radical (unpaired) electrons. The van der Waals surface area contributed by atoms with Gasteiger partial charge < -0.3 is 167 Å². The van der Waals surface area contributed by atoms with Crippen molar-refractivity contribution >= 4 is 76.4 Å². The topological polar surface area (TPSA) is 662 Å². The fourth-order valence-electron chi connectivity index (χ4n) is 16.5. The molecule has 706 valence electrons. The predicted octanol–water partition coefficient (Wildman–Crippen LogP) is 1.16. The maximum Gasteiger partial charge on any atom is 0.330 e. The van der Waals surface area contributed by atoms with E-state index in [9.17, 15) is 95.8 Å². The molecule has 3 unspecified atom stereocenters. The molecule has 0 saturated carbocycles. The number of carbonyl (C=O) groups is 9. The van der Waals surface area contributed by atoms with Crippen LogP contribution < -0.4 is 72.0 Å². The Labute approximate surface area is 759 Å². The summed E-state index contributed by atoms with van der Waals surface area (Å²) < 4.78 is 57.5. The molecular weight excluding hydrogens is 1780 g/mol. The fourth-order valence-corrected chi connectivity index (χ4v) is 17.0. The Balaban J connectivity index is 1.04. The Morgan fingerprint density at radius 2 is 1.03 bits per heavy atom. The monoisotopic (exact) mass is 1880 g/mol. The van der Waals surface area contributed by atoms with Gasteiger partial charge in [-0.3, -0.25) is 38.4 Å². The molecule has 9 aliphatic rings. The summed E-state index contributed by atoms with van der Waals surface area (Å²) in [6, 6.07) is 0.681. The van der Waals surface area contributed by atoms with Crippen molar-refractivity contribution in [3.8, 4) is 80.1 Å². The zero-order chi connectivity index (χ0) is 94.7. The highest BCUT2D eigenvalue weighted by Gasteiger charge is 2.52. The van der Waals surface area contributed by atoms with E-state index in [2.05, 4.69) is 49.5 Å². The van der Waals surface area contributed by atoms with Gasteiger partial charge >= 0.3 is 5.97 Å². The lowest BCUT2D eigenvalue weighted by Gasteiger charge is -2.44. The van der Waals surface area contributed by atoms with Crippen LogP contribution in [-0.4, -0.2) is 254 Å². The van der Waals surface area contributed by atoms with E-state index in [1.54, 1.807) is 0 Å². The van der Waals surface area contributed by atoms with Crippen molar-refractivity contribution in [1.82, 2.24) is 42.5 Å². The summed E-state index contributed by atoms with van der Waals surface area (Å²) in [6.45, 7) is -0.110. The number of ether oxygens (including phenoxy) is 9. The third kappa shape index (κ3) is 20.7. The number of carbonyl (C=O) groups excluding carboxylic acids is 8. The van der Waals surface area contributed by atoms with Crippen LogP contribution in [0.3, 0.4) is 0 Å². The summed E-state index contributed by atoms with van der Waals surface area (Å²) in [4.78, 5) is 138. The number of halogens is 2. The number of aliphatic hydroxyl groups is 10. The van der Waals surface area contributed by atoms with E-state index in [0.717, 1.165) is 124 Å². The summed E-state index contributed by atoms with van der Waals surface area (Å²) in [5.74, 6) is -19.5. The number of aromatic hydroxyl groups is 4. The summed E-state index contributed by atoms with van der Waals surface area (Å²) in [6.07, 6.45) is -23.8. The number of hydrogen-bond donors (Lipinski definition) is 24. The number of unbranched alkanes of at least 4 members (excludes halogenated alkanes) is 6. The molecule has 0 aromatic heterocycles. The lowest BCUT2D eigenvalue weighted by Crippen LogP contribution is -2.65.